The number of halogens is 2. The summed E-state index contributed by atoms with van der Waals surface area (Å²) in [6.07, 6.45) is 0.212. The van der Waals surface area contributed by atoms with Crippen molar-refractivity contribution in [2.24, 2.45) is 5.73 Å². The van der Waals surface area contributed by atoms with Crippen LogP contribution in [0.4, 0.5) is 10.1 Å². The highest BCUT2D eigenvalue weighted by Gasteiger charge is 2.05. The molecule has 2 aromatic carbocycles. The van der Waals surface area contributed by atoms with E-state index in [0.29, 0.717) is 12.1 Å². The molecule has 0 radical (unpaired) electrons. The van der Waals surface area contributed by atoms with Crippen LogP contribution in [0.2, 0.25) is 5.02 Å². The lowest BCUT2D eigenvalue weighted by Crippen LogP contribution is -2.13. The average molecular weight is 293 g/mol. The van der Waals surface area contributed by atoms with Gasteiger partial charge in [-0.15, -0.1) is 0 Å². The predicted molar refractivity (Wildman–Crippen MR) is 78.1 cm³/mol. The van der Waals surface area contributed by atoms with Gasteiger partial charge in [0.05, 0.1) is 11.4 Å². The monoisotopic (exact) mass is 292 g/mol. The Bertz CT molecular complexity index is 614. The summed E-state index contributed by atoms with van der Waals surface area (Å²) in [5.74, 6) is -0.779. The highest BCUT2D eigenvalue weighted by molar-refractivity contribution is 6.30. The van der Waals surface area contributed by atoms with Gasteiger partial charge in [-0.05, 0) is 23.8 Å². The Kier molecular flexibility index (Phi) is 4.58. The van der Waals surface area contributed by atoms with Gasteiger partial charge in [0.15, 0.2) is 0 Å². The van der Waals surface area contributed by atoms with Gasteiger partial charge in [-0.25, -0.2) is 4.39 Å². The van der Waals surface area contributed by atoms with Crippen LogP contribution in [0.15, 0.2) is 42.5 Å². The molecule has 2 rings (SSSR count). The number of anilines is 1. The third-order valence-electron chi connectivity index (χ3n) is 2.85. The van der Waals surface area contributed by atoms with Crippen LogP contribution in [-0.2, 0) is 17.8 Å². The molecule has 3 nitrogen and oxygen atoms in total. The number of amides is 1. The molecular formula is C15H14ClFN2O. The minimum Gasteiger partial charge on any atom is -0.381 e. The van der Waals surface area contributed by atoms with E-state index in [1.165, 1.54) is 6.07 Å². The van der Waals surface area contributed by atoms with Gasteiger partial charge < -0.3 is 11.1 Å². The van der Waals surface area contributed by atoms with E-state index in [9.17, 15) is 9.18 Å². The highest BCUT2D eigenvalue weighted by atomic mass is 35.5. The first-order valence-corrected chi connectivity index (χ1v) is 6.48. The van der Waals surface area contributed by atoms with Crippen molar-refractivity contribution in [3.63, 3.8) is 0 Å². The van der Waals surface area contributed by atoms with E-state index in [1.807, 2.05) is 12.1 Å². The minimum atomic E-state index is -0.410. The van der Waals surface area contributed by atoms with Crippen molar-refractivity contribution >= 4 is 23.2 Å². The van der Waals surface area contributed by atoms with Crippen LogP contribution in [0, 0.1) is 5.82 Å². The van der Waals surface area contributed by atoms with Crippen LogP contribution >= 0.6 is 11.6 Å². The molecule has 0 atom stereocenters. The molecule has 0 fully saturated rings. The van der Waals surface area contributed by atoms with Gasteiger partial charge in [0.25, 0.3) is 0 Å². The van der Waals surface area contributed by atoms with Crippen LogP contribution in [0.25, 0.3) is 0 Å². The summed E-state index contributed by atoms with van der Waals surface area (Å²) in [5.41, 5.74) is 7.29. The molecule has 20 heavy (non-hydrogen) atoms. The van der Waals surface area contributed by atoms with Gasteiger partial charge in [-0.2, -0.15) is 0 Å². The van der Waals surface area contributed by atoms with Crippen molar-refractivity contribution in [3.8, 4) is 0 Å². The molecule has 0 saturated carbocycles. The summed E-state index contributed by atoms with van der Waals surface area (Å²) in [6, 6.07) is 12.2. The molecule has 3 N–H and O–H groups in total. The van der Waals surface area contributed by atoms with Crippen LogP contribution in [0.3, 0.4) is 0 Å². The van der Waals surface area contributed by atoms with Gasteiger partial charge >= 0.3 is 0 Å². The number of nitrogens with one attached hydrogen (secondary N) is 1. The fourth-order valence-corrected chi connectivity index (χ4v) is 2.02. The second-order valence-electron chi connectivity index (χ2n) is 4.41. The Morgan fingerprint density at radius 1 is 1.20 bits per heavy atom. The third-order valence-corrected chi connectivity index (χ3v) is 3.14. The first-order chi connectivity index (χ1) is 9.56. The molecule has 0 unspecified atom stereocenters. The number of hydrogen-bond acceptors (Lipinski definition) is 2. The number of benzene rings is 2. The minimum absolute atomic E-state index is 0.112. The molecule has 0 aliphatic carbocycles. The average Bonchev–Trinajstić information content (AvgIpc) is 2.41. The van der Waals surface area contributed by atoms with Crippen LogP contribution in [0.1, 0.15) is 11.1 Å². The van der Waals surface area contributed by atoms with Gasteiger partial charge in [-0.1, -0.05) is 35.9 Å². The zero-order valence-corrected chi connectivity index (χ0v) is 11.5. The van der Waals surface area contributed by atoms with Gasteiger partial charge in [-0.3, -0.25) is 4.79 Å². The molecule has 5 heteroatoms. The molecule has 0 heterocycles. The summed E-state index contributed by atoms with van der Waals surface area (Å²) >= 11 is 5.72. The number of primary amides is 1. The molecule has 0 saturated heterocycles. The Morgan fingerprint density at radius 3 is 2.55 bits per heavy atom. The third kappa shape index (κ3) is 3.71. The molecule has 0 aliphatic rings. The second kappa shape index (κ2) is 6.39. The van der Waals surface area contributed by atoms with Crippen molar-refractivity contribution < 1.29 is 9.18 Å². The summed E-state index contributed by atoms with van der Waals surface area (Å²) in [5, 5.41) is 3.21. The second-order valence-corrected chi connectivity index (χ2v) is 4.81. The lowest BCUT2D eigenvalue weighted by atomic mass is 10.1. The fraction of sp³-hybridized carbons (Fsp3) is 0.133. The standard InChI is InChI=1S/C15H14ClFN2O/c16-13-3-1-2-11(15(13)17)9-19-12-6-4-10(5-7-12)8-14(18)20/h1-7,19H,8-9H2,(H2,18,20). The Hall–Kier alpha value is -2.07. The van der Waals surface area contributed by atoms with E-state index in [1.54, 1.807) is 24.3 Å². The highest BCUT2D eigenvalue weighted by Crippen LogP contribution is 2.19. The van der Waals surface area contributed by atoms with Crippen LogP contribution in [-0.4, -0.2) is 5.91 Å². The Labute approximate surface area is 121 Å². The van der Waals surface area contributed by atoms with Crippen LogP contribution < -0.4 is 11.1 Å². The summed E-state index contributed by atoms with van der Waals surface area (Å²) in [4.78, 5) is 10.8. The smallest absolute Gasteiger partial charge is 0.221 e. The van der Waals surface area contributed by atoms with Crippen LogP contribution in [0.5, 0.6) is 0 Å². The van der Waals surface area contributed by atoms with E-state index in [4.69, 9.17) is 17.3 Å². The van der Waals surface area contributed by atoms with Gasteiger partial charge in [0, 0.05) is 17.8 Å². The molecule has 2 aromatic rings. The first kappa shape index (κ1) is 14.3. The van der Waals surface area contributed by atoms with E-state index < -0.39 is 5.82 Å². The van der Waals surface area contributed by atoms with Crippen molar-refractivity contribution in [3.05, 3.63) is 64.4 Å². The lowest BCUT2D eigenvalue weighted by molar-refractivity contribution is -0.117. The topological polar surface area (TPSA) is 55.1 Å². The fourth-order valence-electron chi connectivity index (χ4n) is 1.82. The number of carbonyl (C=O) groups excluding carboxylic acids is 1. The molecule has 0 aliphatic heterocycles. The van der Waals surface area contributed by atoms with Crippen molar-refractivity contribution in [1.82, 2.24) is 0 Å². The molecule has 1 amide bonds. The number of carbonyl (C=O) groups is 1. The van der Waals surface area contributed by atoms with E-state index in [2.05, 4.69) is 5.32 Å². The maximum atomic E-state index is 13.7. The number of rotatable bonds is 5. The van der Waals surface area contributed by atoms with E-state index in [0.717, 1.165) is 11.3 Å². The van der Waals surface area contributed by atoms with E-state index >= 15 is 0 Å². The Morgan fingerprint density at radius 2 is 1.90 bits per heavy atom. The van der Waals surface area contributed by atoms with Gasteiger partial charge in [0.1, 0.15) is 5.82 Å². The predicted octanol–water partition coefficient (Wildman–Crippen LogP) is 3.12. The normalized spacial score (nSPS) is 10.3. The largest absolute Gasteiger partial charge is 0.381 e. The molecule has 104 valence electrons. The lowest BCUT2D eigenvalue weighted by Gasteiger charge is -2.09. The molecule has 0 bridgehead atoms. The van der Waals surface area contributed by atoms with Crippen molar-refractivity contribution in [1.29, 1.82) is 0 Å². The SMILES string of the molecule is NC(=O)Cc1ccc(NCc2cccc(Cl)c2F)cc1. The molecular weight excluding hydrogens is 279 g/mol. The molecule has 0 spiro atoms. The zero-order valence-electron chi connectivity index (χ0n) is 10.7. The first-order valence-electron chi connectivity index (χ1n) is 6.10. The van der Waals surface area contributed by atoms with Crippen molar-refractivity contribution in [2.75, 3.05) is 5.32 Å². The molecule has 0 aromatic heterocycles. The van der Waals surface area contributed by atoms with E-state index in [-0.39, 0.29) is 17.4 Å². The number of hydrogen-bond donors (Lipinski definition) is 2. The Balaban J connectivity index is 2.00. The zero-order chi connectivity index (χ0) is 14.5. The van der Waals surface area contributed by atoms with Crippen molar-refractivity contribution in [2.45, 2.75) is 13.0 Å². The maximum absolute atomic E-state index is 13.7. The quantitative estimate of drug-likeness (QED) is 0.889. The van der Waals surface area contributed by atoms with Gasteiger partial charge in [0.2, 0.25) is 5.91 Å². The summed E-state index contributed by atoms with van der Waals surface area (Å²) < 4.78 is 13.7. The number of nitrogens with two attached hydrogens (primary N) is 1. The summed E-state index contributed by atoms with van der Waals surface area (Å²) in [7, 11) is 0. The maximum Gasteiger partial charge on any atom is 0.221 e. The summed E-state index contributed by atoms with van der Waals surface area (Å²) in [6.45, 7) is 0.335.